The first-order valence-corrected chi connectivity index (χ1v) is 7.62. The molecule has 0 radical (unpaired) electrons. The van der Waals surface area contributed by atoms with Gasteiger partial charge in [0.1, 0.15) is 0 Å². The topological polar surface area (TPSA) is 61.4 Å². The minimum atomic E-state index is -0.338. The van der Waals surface area contributed by atoms with E-state index < -0.39 is 0 Å². The zero-order valence-electron chi connectivity index (χ0n) is 12.2. The molecule has 0 saturated carbocycles. The fraction of sp³-hybridized carbons (Fsp3) is 0.533. The van der Waals surface area contributed by atoms with Crippen LogP contribution in [0.25, 0.3) is 0 Å². The number of aliphatic hydroxyl groups is 1. The maximum atomic E-state index is 12.0. The SMILES string of the molecule is CCC(C)(CO)NC(C)CC(=O)Nc1cccc(Br)c1. The second-order valence-electron chi connectivity index (χ2n) is 5.38. The number of carbonyl (C=O) groups is 1. The van der Waals surface area contributed by atoms with Gasteiger partial charge in [0.05, 0.1) is 6.61 Å². The number of hydrogen-bond donors (Lipinski definition) is 3. The lowest BCUT2D eigenvalue weighted by atomic mass is 9.98. The molecule has 1 aromatic rings. The Morgan fingerprint density at radius 1 is 1.50 bits per heavy atom. The van der Waals surface area contributed by atoms with Crippen molar-refractivity contribution < 1.29 is 9.90 Å². The highest BCUT2D eigenvalue weighted by molar-refractivity contribution is 9.10. The second-order valence-corrected chi connectivity index (χ2v) is 6.30. The Hall–Kier alpha value is -0.910. The van der Waals surface area contributed by atoms with Gasteiger partial charge in [0.15, 0.2) is 0 Å². The Labute approximate surface area is 129 Å². The molecule has 112 valence electrons. The number of rotatable bonds is 7. The third-order valence-corrected chi connectivity index (χ3v) is 3.82. The molecule has 20 heavy (non-hydrogen) atoms. The van der Waals surface area contributed by atoms with Crippen molar-refractivity contribution in [3.8, 4) is 0 Å². The van der Waals surface area contributed by atoms with E-state index in [1.54, 1.807) is 0 Å². The molecule has 1 aromatic carbocycles. The van der Waals surface area contributed by atoms with Gasteiger partial charge in [-0.25, -0.2) is 0 Å². The van der Waals surface area contributed by atoms with Crippen molar-refractivity contribution in [1.29, 1.82) is 0 Å². The number of aliphatic hydroxyl groups excluding tert-OH is 1. The summed E-state index contributed by atoms with van der Waals surface area (Å²) in [6.45, 7) is 5.97. The molecule has 4 nitrogen and oxygen atoms in total. The van der Waals surface area contributed by atoms with Gasteiger partial charge < -0.3 is 15.7 Å². The summed E-state index contributed by atoms with van der Waals surface area (Å²) in [7, 11) is 0. The molecule has 0 heterocycles. The Bertz CT molecular complexity index is 447. The zero-order valence-corrected chi connectivity index (χ0v) is 13.8. The van der Waals surface area contributed by atoms with Crippen molar-refractivity contribution >= 4 is 27.5 Å². The maximum absolute atomic E-state index is 12.0. The van der Waals surface area contributed by atoms with Crippen LogP contribution in [-0.4, -0.2) is 29.2 Å². The van der Waals surface area contributed by atoms with E-state index in [1.165, 1.54) is 0 Å². The number of hydrogen-bond acceptors (Lipinski definition) is 3. The third kappa shape index (κ3) is 5.61. The fourth-order valence-electron chi connectivity index (χ4n) is 1.96. The first-order valence-electron chi connectivity index (χ1n) is 6.82. The lowest BCUT2D eigenvalue weighted by molar-refractivity contribution is -0.116. The van der Waals surface area contributed by atoms with Crippen molar-refractivity contribution in [2.75, 3.05) is 11.9 Å². The van der Waals surface area contributed by atoms with Crippen LogP contribution >= 0.6 is 15.9 Å². The van der Waals surface area contributed by atoms with Gasteiger partial charge in [0, 0.05) is 28.2 Å². The molecule has 0 saturated heterocycles. The molecule has 0 fully saturated rings. The molecule has 0 aromatic heterocycles. The minimum absolute atomic E-state index is 0.000692. The standard InChI is InChI=1S/C15H23BrN2O2/c1-4-15(3,10-19)18-11(2)8-14(20)17-13-7-5-6-12(16)9-13/h5-7,9,11,18-19H,4,8,10H2,1-3H3,(H,17,20). The van der Waals surface area contributed by atoms with E-state index >= 15 is 0 Å². The largest absolute Gasteiger partial charge is 0.394 e. The molecular weight excluding hydrogens is 320 g/mol. The molecular formula is C15H23BrN2O2. The summed E-state index contributed by atoms with van der Waals surface area (Å²) in [5.74, 6) is -0.0421. The first kappa shape index (κ1) is 17.1. The third-order valence-electron chi connectivity index (χ3n) is 3.32. The van der Waals surface area contributed by atoms with Gasteiger partial charge >= 0.3 is 0 Å². The lowest BCUT2D eigenvalue weighted by Gasteiger charge is -2.31. The summed E-state index contributed by atoms with van der Waals surface area (Å²) in [5, 5.41) is 15.5. The van der Waals surface area contributed by atoms with Crippen LogP contribution in [0.4, 0.5) is 5.69 Å². The van der Waals surface area contributed by atoms with Gasteiger partial charge in [-0.15, -0.1) is 0 Å². The Morgan fingerprint density at radius 2 is 2.20 bits per heavy atom. The summed E-state index contributed by atoms with van der Waals surface area (Å²) < 4.78 is 0.931. The van der Waals surface area contributed by atoms with Crippen molar-refractivity contribution in [3.05, 3.63) is 28.7 Å². The van der Waals surface area contributed by atoms with Crippen molar-refractivity contribution in [2.24, 2.45) is 0 Å². The van der Waals surface area contributed by atoms with Crippen LogP contribution in [0.5, 0.6) is 0 Å². The van der Waals surface area contributed by atoms with E-state index in [2.05, 4.69) is 26.6 Å². The summed E-state index contributed by atoms with van der Waals surface area (Å²) >= 11 is 3.37. The summed E-state index contributed by atoms with van der Waals surface area (Å²) in [6, 6.07) is 7.50. The van der Waals surface area contributed by atoms with Crippen LogP contribution in [0.3, 0.4) is 0 Å². The van der Waals surface area contributed by atoms with E-state index in [0.717, 1.165) is 16.6 Å². The molecule has 0 aliphatic heterocycles. The molecule has 2 atom stereocenters. The van der Waals surface area contributed by atoms with Crippen LogP contribution in [0.1, 0.15) is 33.6 Å². The van der Waals surface area contributed by atoms with E-state index in [9.17, 15) is 9.90 Å². The molecule has 3 N–H and O–H groups in total. The van der Waals surface area contributed by atoms with Crippen molar-refractivity contribution in [1.82, 2.24) is 5.32 Å². The molecule has 2 unspecified atom stereocenters. The van der Waals surface area contributed by atoms with Crippen LogP contribution < -0.4 is 10.6 Å². The molecule has 1 rings (SSSR count). The van der Waals surface area contributed by atoms with Gasteiger partial charge in [-0.3, -0.25) is 4.79 Å². The number of benzene rings is 1. The summed E-state index contributed by atoms with van der Waals surface area (Å²) in [5.41, 5.74) is 0.437. The Kier molecular flexibility index (Phi) is 6.65. The van der Waals surface area contributed by atoms with Gasteiger partial charge in [-0.2, -0.15) is 0 Å². The Morgan fingerprint density at radius 3 is 2.75 bits per heavy atom. The van der Waals surface area contributed by atoms with E-state index in [-0.39, 0.29) is 24.1 Å². The molecule has 0 aliphatic carbocycles. The molecule has 0 aliphatic rings. The van der Waals surface area contributed by atoms with Gasteiger partial charge in [0.25, 0.3) is 0 Å². The average molecular weight is 343 g/mol. The average Bonchev–Trinajstić information content (AvgIpc) is 2.38. The number of carbonyl (C=O) groups excluding carboxylic acids is 1. The van der Waals surface area contributed by atoms with Crippen LogP contribution in [0.2, 0.25) is 0 Å². The highest BCUT2D eigenvalue weighted by Gasteiger charge is 2.23. The molecule has 0 spiro atoms. The number of nitrogens with one attached hydrogen (secondary N) is 2. The minimum Gasteiger partial charge on any atom is -0.394 e. The Balaban J connectivity index is 2.50. The highest BCUT2D eigenvalue weighted by atomic mass is 79.9. The second kappa shape index (κ2) is 7.76. The van der Waals surface area contributed by atoms with E-state index in [4.69, 9.17) is 0 Å². The molecule has 1 amide bonds. The summed E-state index contributed by atoms with van der Waals surface area (Å²) in [6.07, 6.45) is 1.17. The fourth-order valence-corrected chi connectivity index (χ4v) is 2.36. The van der Waals surface area contributed by atoms with Crippen LogP contribution in [0.15, 0.2) is 28.7 Å². The van der Waals surface area contributed by atoms with Crippen LogP contribution in [-0.2, 0) is 4.79 Å². The highest BCUT2D eigenvalue weighted by Crippen LogP contribution is 2.16. The number of amides is 1. The normalized spacial score (nSPS) is 15.4. The van der Waals surface area contributed by atoms with Gasteiger partial charge in [-0.1, -0.05) is 28.9 Å². The predicted octanol–water partition coefficient (Wildman–Crippen LogP) is 2.92. The molecule has 0 bridgehead atoms. The van der Waals surface area contributed by atoms with E-state index in [0.29, 0.717) is 6.42 Å². The monoisotopic (exact) mass is 342 g/mol. The zero-order chi connectivity index (χ0) is 15.2. The van der Waals surface area contributed by atoms with Crippen molar-refractivity contribution in [3.63, 3.8) is 0 Å². The summed E-state index contributed by atoms with van der Waals surface area (Å²) in [4.78, 5) is 12.0. The van der Waals surface area contributed by atoms with Crippen LogP contribution in [0, 0.1) is 0 Å². The van der Waals surface area contributed by atoms with Crippen molar-refractivity contribution in [2.45, 2.75) is 45.2 Å². The van der Waals surface area contributed by atoms with Gasteiger partial charge in [0.2, 0.25) is 5.91 Å². The van der Waals surface area contributed by atoms with E-state index in [1.807, 2.05) is 45.0 Å². The quantitative estimate of drug-likeness (QED) is 0.713. The number of anilines is 1. The first-order chi connectivity index (χ1) is 9.38. The lowest BCUT2D eigenvalue weighted by Crippen LogP contribution is -2.50. The smallest absolute Gasteiger partial charge is 0.225 e. The predicted molar refractivity (Wildman–Crippen MR) is 85.8 cm³/mol. The number of halogens is 1. The van der Waals surface area contributed by atoms with Gasteiger partial charge in [-0.05, 0) is 38.5 Å². The molecule has 5 heteroatoms. The maximum Gasteiger partial charge on any atom is 0.225 e.